The third kappa shape index (κ3) is 2.03. The average molecular weight is 274 g/mol. The van der Waals surface area contributed by atoms with Crippen molar-refractivity contribution in [2.75, 3.05) is 5.32 Å². The molecule has 102 valence electrons. The van der Waals surface area contributed by atoms with E-state index in [2.05, 4.69) is 34.9 Å². The van der Waals surface area contributed by atoms with E-state index in [1.165, 1.54) is 10.8 Å². The molecule has 1 amide bonds. The van der Waals surface area contributed by atoms with Crippen LogP contribution in [-0.2, 0) is 0 Å². The van der Waals surface area contributed by atoms with E-state index in [1.807, 2.05) is 42.5 Å². The zero-order chi connectivity index (χ0) is 14.2. The van der Waals surface area contributed by atoms with Gasteiger partial charge in [-0.15, -0.1) is 0 Å². The van der Waals surface area contributed by atoms with E-state index in [-0.39, 0.29) is 12.1 Å². The van der Waals surface area contributed by atoms with Crippen molar-refractivity contribution in [2.45, 2.75) is 6.17 Å². The van der Waals surface area contributed by atoms with Crippen molar-refractivity contribution in [3.05, 3.63) is 77.9 Å². The maximum atomic E-state index is 12.2. The van der Waals surface area contributed by atoms with Crippen molar-refractivity contribution in [2.24, 2.45) is 0 Å². The highest BCUT2D eigenvalue weighted by Crippen LogP contribution is 2.27. The van der Waals surface area contributed by atoms with Gasteiger partial charge in [0.25, 0.3) is 5.91 Å². The first-order valence-corrected chi connectivity index (χ1v) is 6.96. The summed E-state index contributed by atoms with van der Waals surface area (Å²) in [5.74, 6) is -0.0393. The molecule has 3 nitrogen and oxygen atoms in total. The van der Waals surface area contributed by atoms with Crippen LogP contribution in [0.1, 0.15) is 22.1 Å². The monoisotopic (exact) mass is 274 g/mol. The number of carbonyl (C=O) groups excluding carboxylic acids is 1. The van der Waals surface area contributed by atoms with Gasteiger partial charge < -0.3 is 10.6 Å². The lowest BCUT2D eigenvalue weighted by molar-refractivity contribution is 0.0935. The van der Waals surface area contributed by atoms with E-state index in [9.17, 15) is 4.79 Å². The molecule has 21 heavy (non-hydrogen) atoms. The SMILES string of the molecule is O=C1N[C@@H](c2ccc3ccccc3c2)Nc2ccccc21. The van der Waals surface area contributed by atoms with Gasteiger partial charge in [-0.3, -0.25) is 4.79 Å². The fourth-order valence-electron chi connectivity index (χ4n) is 2.76. The topological polar surface area (TPSA) is 41.1 Å². The van der Waals surface area contributed by atoms with Gasteiger partial charge >= 0.3 is 0 Å². The van der Waals surface area contributed by atoms with E-state index >= 15 is 0 Å². The average Bonchev–Trinajstić information content (AvgIpc) is 2.54. The van der Waals surface area contributed by atoms with Crippen LogP contribution in [0.4, 0.5) is 5.69 Å². The van der Waals surface area contributed by atoms with Crippen LogP contribution in [0.2, 0.25) is 0 Å². The van der Waals surface area contributed by atoms with Gasteiger partial charge in [0.15, 0.2) is 0 Å². The largest absolute Gasteiger partial charge is 0.361 e. The number of hydrogen-bond acceptors (Lipinski definition) is 2. The molecule has 0 aromatic heterocycles. The second-order valence-corrected chi connectivity index (χ2v) is 5.20. The standard InChI is InChI=1S/C18H14N2O/c21-18-15-7-3-4-8-16(15)19-17(20-18)14-10-9-12-5-1-2-6-13(12)11-14/h1-11,17,19H,(H,20,21)/t17-/m0/s1. The predicted octanol–water partition coefficient (Wildman–Crippen LogP) is 3.69. The molecular formula is C18H14N2O. The minimum atomic E-state index is -0.197. The van der Waals surface area contributed by atoms with Gasteiger partial charge in [0.1, 0.15) is 6.17 Å². The molecule has 0 saturated heterocycles. The van der Waals surface area contributed by atoms with Crippen LogP contribution < -0.4 is 10.6 Å². The fourth-order valence-corrected chi connectivity index (χ4v) is 2.76. The summed E-state index contributed by atoms with van der Waals surface area (Å²) < 4.78 is 0. The van der Waals surface area contributed by atoms with Gasteiger partial charge in [-0.05, 0) is 34.5 Å². The minimum Gasteiger partial charge on any atom is -0.361 e. The number of nitrogens with one attached hydrogen (secondary N) is 2. The van der Waals surface area contributed by atoms with Gasteiger partial charge in [0, 0.05) is 5.69 Å². The van der Waals surface area contributed by atoms with Crippen LogP contribution in [0, 0.1) is 0 Å². The van der Waals surface area contributed by atoms with Gasteiger partial charge in [-0.1, -0.05) is 48.5 Å². The van der Waals surface area contributed by atoms with Crippen molar-refractivity contribution in [1.82, 2.24) is 5.32 Å². The Labute approximate surface area is 122 Å². The molecule has 0 saturated carbocycles. The Bertz CT molecular complexity index is 841. The maximum Gasteiger partial charge on any atom is 0.255 e. The van der Waals surface area contributed by atoms with E-state index < -0.39 is 0 Å². The van der Waals surface area contributed by atoms with Crippen molar-refractivity contribution in [1.29, 1.82) is 0 Å². The highest BCUT2D eigenvalue weighted by molar-refractivity contribution is 6.01. The summed E-state index contributed by atoms with van der Waals surface area (Å²) in [6.45, 7) is 0. The van der Waals surface area contributed by atoms with Gasteiger partial charge in [0.2, 0.25) is 0 Å². The van der Waals surface area contributed by atoms with Gasteiger partial charge in [-0.25, -0.2) is 0 Å². The number of benzene rings is 3. The van der Waals surface area contributed by atoms with E-state index in [1.54, 1.807) is 0 Å². The molecule has 4 rings (SSSR count). The molecule has 0 fully saturated rings. The highest BCUT2D eigenvalue weighted by atomic mass is 16.2. The third-order valence-corrected chi connectivity index (χ3v) is 3.85. The lowest BCUT2D eigenvalue weighted by atomic mass is 10.0. The zero-order valence-corrected chi connectivity index (χ0v) is 11.3. The van der Waals surface area contributed by atoms with Crippen molar-refractivity contribution in [3.8, 4) is 0 Å². The summed E-state index contributed by atoms with van der Waals surface area (Å²) >= 11 is 0. The lowest BCUT2D eigenvalue weighted by Crippen LogP contribution is -2.38. The van der Waals surface area contributed by atoms with Crippen LogP contribution in [-0.4, -0.2) is 5.91 Å². The van der Waals surface area contributed by atoms with Crippen LogP contribution in [0.15, 0.2) is 66.7 Å². The molecular weight excluding hydrogens is 260 g/mol. The Kier molecular flexibility index (Phi) is 2.64. The molecule has 2 N–H and O–H groups in total. The van der Waals surface area contributed by atoms with Crippen LogP contribution in [0.3, 0.4) is 0 Å². The third-order valence-electron chi connectivity index (χ3n) is 3.85. The molecule has 1 aliphatic rings. The number of carbonyl (C=O) groups is 1. The minimum absolute atomic E-state index is 0.0393. The molecule has 0 unspecified atom stereocenters. The van der Waals surface area contributed by atoms with Gasteiger partial charge in [0.05, 0.1) is 5.56 Å². The second-order valence-electron chi connectivity index (χ2n) is 5.20. The summed E-state index contributed by atoms with van der Waals surface area (Å²) in [7, 11) is 0. The smallest absolute Gasteiger partial charge is 0.255 e. The summed E-state index contributed by atoms with van der Waals surface area (Å²) in [5, 5.41) is 8.75. The first-order chi connectivity index (χ1) is 10.3. The normalized spacial score (nSPS) is 17.0. The first-order valence-electron chi connectivity index (χ1n) is 6.96. The quantitative estimate of drug-likeness (QED) is 0.710. The molecule has 0 aliphatic carbocycles. The molecule has 0 radical (unpaired) electrons. The van der Waals surface area contributed by atoms with Crippen LogP contribution in [0.5, 0.6) is 0 Å². The molecule has 3 heteroatoms. The summed E-state index contributed by atoms with van der Waals surface area (Å²) in [4.78, 5) is 12.2. The van der Waals surface area contributed by atoms with Gasteiger partial charge in [-0.2, -0.15) is 0 Å². The molecule has 1 aliphatic heterocycles. The molecule has 3 aromatic carbocycles. The number of anilines is 1. The molecule has 1 atom stereocenters. The summed E-state index contributed by atoms with van der Waals surface area (Å²) in [5.41, 5.74) is 2.62. The Hall–Kier alpha value is -2.81. The molecule has 0 bridgehead atoms. The lowest BCUT2D eigenvalue weighted by Gasteiger charge is -2.28. The number of rotatable bonds is 1. The molecule has 3 aromatic rings. The molecule has 1 heterocycles. The maximum absolute atomic E-state index is 12.2. The Morgan fingerprint density at radius 1 is 0.762 bits per heavy atom. The van der Waals surface area contributed by atoms with Crippen LogP contribution >= 0.6 is 0 Å². The number of para-hydroxylation sites is 1. The van der Waals surface area contributed by atoms with Crippen molar-refractivity contribution < 1.29 is 4.79 Å². The molecule has 0 spiro atoms. The Balaban J connectivity index is 1.75. The fraction of sp³-hybridized carbons (Fsp3) is 0.0556. The predicted molar refractivity (Wildman–Crippen MR) is 84.2 cm³/mol. The Morgan fingerprint density at radius 2 is 1.52 bits per heavy atom. The zero-order valence-electron chi connectivity index (χ0n) is 11.3. The van der Waals surface area contributed by atoms with E-state index in [0.717, 1.165) is 11.3 Å². The van der Waals surface area contributed by atoms with Crippen molar-refractivity contribution in [3.63, 3.8) is 0 Å². The Morgan fingerprint density at radius 3 is 2.43 bits per heavy atom. The summed E-state index contributed by atoms with van der Waals surface area (Å²) in [6.07, 6.45) is -0.197. The highest BCUT2D eigenvalue weighted by Gasteiger charge is 2.23. The van der Waals surface area contributed by atoms with E-state index in [4.69, 9.17) is 0 Å². The van der Waals surface area contributed by atoms with Crippen LogP contribution in [0.25, 0.3) is 10.8 Å². The van der Waals surface area contributed by atoms with E-state index in [0.29, 0.717) is 5.56 Å². The van der Waals surface area contributed by atoms with Crippen molar-refractivity contribution >= 4 is 22.4 Å². The second kappa shape index (κ2) is 4.63. The number of fused-ring (bicyclic) bond motifs is 2. The summed E-state index contributed by atoms with van der Waals surface area (Å²) in [6, 6.07) is 22.0. The first kappa shape index (κ1) is 12.0. The number of hydrogen-bond donors (Lipinski definition) is 2. The number of amides is 1.